The van der Waals surface area contributed by atoms with Gasteiger partial charge in [0.1, 0.15) is 6.61 Å². The van der Waals surface area contributed by atoms with E-state index < -0.39 is 5.97 Å². The lowest BCUT2D eigenvalue weighted by molar-refractivity contribution is 0.0474. The number of benzene rings is 2. The van der Waals surface area contributed by atoms with Crippen molar-refractivity contribution in [3.63, 3.8) is 0 Å². The molecular weight excluding hydrogens is 276 g/mol. The van der Waals surface area contributed by atoms with E-state index in [1.54, 1.807) is 30.3 Å². The van der Waals surface area contributed by atoms with Gasteiger partial charge in [0.05, 0.1) is 17.2 Å². The summed E-state index contributed by atoms with van der Waals surface area (Å²) in [6.07, 6.45) is 0. The minimum atomic E-state index is -0.526. The third kappa shape index (κ3) is 3.28. The lowest BCUT2D eigenvalue weighted by atomic mass is 10.1. The minimum absolute atomic E-state index is 0.0798. The van der Waals surface area contributed by atoms with Crippen LogP contribution in [-0.2, 0) is 11.3 Å². The average Bonchev–Trinajstić information content (AvgIpc) is 2.45. The van der Waals surface area contributed by atoms with Gasteiger partial charge in [-0.15, -0.1) is 0 Å². The molecule has 0 bridgehead atoms. The summed E-state index contributed by atoms with van der Waals surface area (Å²) >= 11 is 5.77. The van der Waals surface area contributed by atoms with Crippen LogP contribution in [0.15, 0.2) is 42.5 Å². The number of carbonyl (C=O) groups is 1. The van der Waals surface area contributed by atoms with Crippen molar-refractivity contribution in [2.24, 2.45) is 0 Å². The Bertz CT molecular complexity index is 693. The number of hydrogen-bond acceptors (Lipinski definition) is 4. The van der Waals surface area contributed by atoms with E-state index in [4.69, 9.17) is 27.3 Å². The third-order valence-corrected chi connectivity index (χ3v) is 2.89. The predicted molar refractivity (Wildman–Crippen MR) is 76.1 cm³/mol. The van der Waals surface area contributed by atoms with Gasteiger partial charge in [0.2, 0.25) is 0 Å². The van der Waals surface area contributed by atoms with Crippen molar-refractivity contribution in [1.82, 2.24) is 0 Å². The quantitative estimate of drug-likeness (QED) is 0.694. The molecule has 0 spiro atoms. The molecule has 100 valence electrons. The zero-order valence-electron chi connectivity index (χ0n) is 10.5. The Balaban J connectivity index is 2.07. The van der Waals surface area contributed by atoms with Crippen LogP contribution >= 0.6 is 11.6 Å². The summed E-state index contributed by atoms with van der Waals surface area (Å²) in [6, 6.07) is 13.5. The van der Waals surface area contributed by atoms with Crippen LogP contribution in [-0.4, -0.2) is 5.97 Å². The summed E-state index contributed by atoms with van der Waals surface area (Å²) in [7, 11) is 0. The highest BCUT2D eigenvalue weighted by Gasteiger charge is 2.11. The predicted octanol–water partition coefficient (Wildman–Crippen LogP) is 3.15. The molecule has 20 heavy (non-hydrogen) atoms. The molecule has 0 atom stereocenters. The number of anilines is 1. The molecule has 0 saturated heterocycles. The van der Waals surface area contributed by atoms with Crippen LogP contribution in [0, 0.1) is 11.3 Å². The molecule has 5 heteroatoms. The number of halogens is 1. The molecule has 2 rings (SSSR count). The third-order valence-electron chi connectivity index (χ3n) is 2.66. The van der Waals surface area contributed by atoms with Crippen LogP contribution < -0.4 is 5.73 Å². The van der Waals surface area contributed by atoms with E-state index in [0.717, 1.165) is 5.56 Å². The molecule has 0 fully saturated rings. The van der Waals surface area contributed by atoms with Crippen LogP contribution in [0.4, 0.5) is 5.69 Å². The number of nitrogens with two attached hydrogens (primary N) is 1. The molecule has 2 aromatic rings. The van der Waals surface area contributed by atoms with E-state index in [1.165, 1.54) is 12.1 Å². The smallest absolute Gasteiger partial charge is 0.340 e. The second-order valence-corrected chi connectivity index (χ2v) is 4.56. The second-order valence-electron chi connectivity index (χ2n) is 4.12. The fraction of sp³-hybridized carbons (Fsp3) is 0.0667. The van der Waals surface area contributed by atoms with Gasteiger partial charge in [-0.3, -0.25) is 0 Å². The first kappa shape index (κ1) is 13.9. The van der Waals surface area contributed by atoms with E-state index in [1.807, 2.05) is 6.07 Å². The van der Waals surface area contributed by atoms with Crippen LogP contribution in [0.5, 0.6) is 0 Å². The summed E-state index contributed by atoms with van der Waals surface area (Å²) < 4.78 is 5.16. The Kier molecular flexibility index (Phi) is 4.24. The normalized spacial score (nSPS) is 9.80. The molecule has 0 aliphatic carbocycles. The maximum atomic E-state index is 11.9. The molecule has 0 aliphatic heterocycles. The molecular formula is C15H11ClN2O2. The van der Waals surface area contributed by atoms with Gasteiger partial charge in [0.25, 0.3) is 0 Å². The first-order valence-corrected chi connectivity index (χ1v) is 6.19. The van der Waals surface area contributed by atoms with E-state index in [9.17, 15) is 4.79 Å². The number of nitriles is 1. The van der Waals surface area contributed by atoms with Crippen LogP contribution in [0.25, 0.3) is 0 Å². The number of hydrogen-bond donors (Lipinski definition) is 1. The van der Waals surface area contributed by atoms with Gasteiger partial charge < -0.3 is 10.5 Å². The molecule has 0 unspecified atom stereocenters. The fourth-order valence-corrected chi connectivity index (χ4v) is 1.86. The summed E-state index contributed by atoms with van der Waals surface area (Å²) in [6.45, 7) is 0.0798. The Morgan fingerprint density at radius 1 is 1.30 bits per heavy atom. The van der Waals surface area contributed by atoms with Crippen molar-refractivity contribution >= 4 is 23.3 Å². The SMILES string of the molecule is N#Cc1cccc(COC(=O)c2ccc(Cl)cc2N)c1. The highest BCUT2D eigenvalue weighted by atomic mass is 35.5. The van der Waals surface area contributed by atoms with Gasteiger partial charge in [-0.05, 0) is 35.9 Å². The standard InChI is InChI=1S/C15H11ClN2O2/c16-12-4-5-13(14(18)7-12)15(19)20-9-11-3-1-2-10(6-11)8-17/h1-7H,9,18H2. The number of esters is 1. The zero-order chi connectivity index (χ0) is 14.5. The Morgan fingerprint density at radius 3 is 2.80 bits per heavy atom. The van der Waals surface area contributed by atoms with Crippen LogP contribution in [0.3, 0.4) is 0 Å². The topological polar surface area (TPSA) is 76.1 Å². The zero-order valence-corrected chi connectivity index (χ0v) is 11.2. The number of carbonyl (C=O) groups excluding carboxylic acids is 1. The summed E-state index contributed by atoms with van der Waals surface area (Å²) in [4.78, 5) is 11.9. The number of nitrogen functional groups attached to an aromatic ring is 1. The van der Waals surface area contributed by atoms with Gasteiger partial charge in [-0.25, -0.2) is 4.79 Å². The number of nitrogens with zero attached hydrogens (tertiary/aromatic N) is 1. The van der Waals surface area contributed by atoms with Crippen molar-refractivity contribution in [3.05, 3.63) is 64.2 Å². The monoisotopic (exact) mass is 286 g/mol. The minimum Gasteiger partial charge on any atom is -0.457 e. The van der Waals surface area contributed by atoms with E-state index in [-0.39, 0.29) is 17.9 Å². The molecule has 2 N–H and O–H groups in total. The van der Waals surface area contributed by atoms with Crippen molar-refractivity contribution < 1.29 is 9.53 Å². The Hall–Kier alpha value is -2.51. The molecule has 2 aromatic carbocycles. The largest absolute Gasteiger partial charge is 0.457 e. The average molecular weight is 287 g/mol. The maximum Gasteiger partial charge on any atom is 0.340 e. The van der Waals surface area contributed by atoms with Gasteiger partial charge >= 0.3 is 5.97 Å². The van der Waals surface area contributed by atoms with Crippen molar-refractivity contribution in [1.29, 1.82) is 5.26 Å². The van der Waals surface area contributed by atoms with E-state index >= 15 is 0 Å². The van der Waals surface area contributed by atoms with Crippen molar-refractivity contribution in [2.45, 2.75) is 6.61 Å². The van der Waals surface area contributed by atoms with Crippen LogP contribution in [0.2, 0.25) is 5.02 Å². The van der Waals surface area contributed by atoms with E-state index in [0.29, 0.717) is 10.6 Å². The first-order chi connectivity index (χ1) is 9.60. The lowest BCUT2D eigenvalue weighted by Gasteiger charge is -2.07. The molecule has 0 radical (unpaired) electrons. The Labute approximate surface area is 121 Å². The summed E-state index contributed by atoms with van der Waals surface area (Å²) in [5, 5.41) is 9.25. The van der Waals surface area contributed by atoms with Crippen molar-refractivity contribution in [3.8, 4) is 6.07 Å². The number of ether oxygens (including phenoxy) is 1. The van der Waals surface area contributed by atoms with Gasteiger partial charge in [0, 0.05) is 10.7 Å². The number of rotatable bonds is 3. The molecule has 0 aromatic heterocycles. The second kappa shape index (κ2) is 6.09. The van der Waals surface area contributed by atoms with Crippen molar-refractivity contribution in [2.75, 3.05) is 5.73 Å². The summed E-state index contributed by atoms with van der Waals surface area (Å²) in [5.41, 5.74) is 7.51. The Morgan fingerprint density at radius 2 is 2.10 bits per heavy atom. The van der Waals surface area contributed by atoms with Gasteiger partial charge in [0.15, 0.2) is 0 Å². The highest BCUT2D eigenvalue weighted by Crippen LogP contribution is 2.19. The molecule has 4 nitrogen and oxygen atoms in total. The fourth-order valence-electron chi connectivity index (χ4n) is 1.68. The molecule has 0 saturated carbocycles. The molecule has 0 aliphatic rings. The highest BCUT2D eigenvalue weighted by molar-refractivity contribution is 6.31. The van der Waals surface area contributed by atoms with Gasteiger partial charge in [-0.1, -0.05) is 23.7 Å². The summed E-state index contributed by atoms with van der Waals surface area (Å²) in [5.74, 6) is -0.526. The van der Waals surface area contributed by atoms with E-state index in [2.05, 4.69) is 0 Å². The first-order valence-electron chi connectivity index (χ1n) is 5.81. The lowest BCUT2D eigenvalue weighted by Crippen LogP contribution is -2.08. The molecule has 0 amide bonds. The van der Waals surface area contributed by atoms with Gasteiger partial charge in [-0.2, -0.15) is 5.26 Å². The maximum absolute atomic E-state index is 11.9. The molecule has 0 heterocycles. The van der Waals surface area contributed by atoms with Crippen LogP contribution in [0.1, 0.15) is 21.5 Å².